The van der Waals surface area contributed by atoms with E-state index in [0.717, 1.165) is 12.0 Å². The predicted molar refractivity (Wildman–Crippen MR) is 192 cm³/mol. The molecule has 17 atom stereocenters. The van der Waals surface area contributed by atoms with Gasteiger partial charge in [0.15, 0.2) is 6.29 Å². The molecule has 1 aromatic rings. The Balaban J connectivity index is 1.50. The maximum absolute atomic E-state index is 14.1. The van der Waals surface area contributed by atoms with Crippen LogP contribution < -0.4 is 11.1 Å². The molecule has 1 aromatic carbocycles. The van der Waals surface area contributed by atoms with Crippen LogP contribution in [0.3, 0.4) is 0 Å². The van der Waals surface area contributed by atoms with Crippen molar-refractivity contribution in [2.45, 2.75) is 159 Å². The van der Waals surface area contributed by atoms with Crippen LogP contribution in [0.1, 0.15) is 92.6 Å². The lowest BCUT2D eigenvalue weighted by Crippen LogP contribution is -2.59. The average Bonchev–Trinajstić information content (AvgIpc) is 3.80. The number of nitrogens with zero attached hydrogens (tertiary/aromatic N) is 1. The number of aliphatic hydroxyl groups excluding tert-OH is 1. The Morgan fingerprint density at radius 1 is 1.08 bits per heavy atom. The van der Waals surface area contributed by atoms with Gasteiger partial charge in [-0.05, 0) is 79.0 Å². The van der Waals surface area contributed by atoms with Crippen molar-refractivity contribution in [3.8, 4) is 0 Å². The van der Waals surface area contributed by atoms with E-state index in [0.29, 0.717) is 12.8 Å². The van der Waals surface area contributed by atoms with E-state index in [9.17, 15) is 19.8 Å². The van der Waals surface area contributed by atoms with Crippen molar-refractivity contribution in [2.24, 2.45) is 29.4 Å². The number of rotatable bonds is 7. The van der Waals surface area contributed by atoms with Crippen LogP contribution in [0.4, 0.5) is 4.79 Å². The van der Waals surface area contributed by atoms with E-state index in [-0.39, 0.29) is 48.5 Å². The van der Waals surface area contributed by atoms with Gasteiger partial charge in [-0.15, -0.1) is 0 Å². The number of alkyl carbamates (subject to hydrolysis) is 1. The molecule has 12 heteroatoms. The van der Waals surface area contributed by atoms with Gasteiger partial charge in [-0.3, -0.25) is 4.79 Å². The first-order valence-corrected chi connectivity index (χ1v) is 18.9. The zero-order chi connectivity index (χ0) is 37.6. The van der Waals surface area contributed by atoms with Gasteiger partial charge in [0.05, 0.1) is 29.8 Å². The van der Waals surface area contributed by atoms with Crippen LogP contribution in [0.2, 0.25) is 0 Å². The molecule has 0 aromatic heterocycles. The highest BCUT2D eigenvalue weighted by Crippen LogP contribution is 2.46. The number of hydrogen-bond acceptors (Lipinski definition) is 11. The lowest BCUT2D eigenvalue weighted by atomic mass is 9.75. The second kappa shape index (κ2) is 15.6. The Labute approximate surface area is 304 Å². The SMILES string of the molecule is CC[C@H]1OC(=O)[C@H](C)[C@@H](OC(=O)NC2CC2c2ccccc2)[C@H](C)[C@@H](OC2O[C@H](C)C[C@H](N(C)C)[C@H]2O)[C@](C)(O)C[C@@H](C)[C@@H]2OC1(C)[C@@H](N)[C@H]2C. The van der Waals surface area contributed by atoms with Gasteiger partial charge in [-0.25, -0.2) is 4.79 Å². The maximum atomic E-state index is 14.1. The van der Waals surface area contributed by atoms with E-state index >= 15 is 0 Å². The molecule has 4 unspecified atom stereocenters. The molecule has 12 nitrogen and oxygen atoms in total. The van der Waals surface area contributed by atoms with E-state index < -0.39 is 71.8 Å². The van der Waals surface area contributed by atoms with E-state index in [1.54, 1.807) is 20.8 Å². The summed E-state index contributed by atoms with van der Waals surface area (Å²) in [7, 11) is 3.79. The second-order valence-electron chi connectivity index (χ2n) is 16.7. The largest absolute Gasteiger partial charge is 0.459 e. The van der Waals surface area contributed by atoms with Gasteiger partial charge in [-0.1, -0.05) is 58.0 Å². The molecule has 4 fully saturated rings. The summed E-state index contributed by atoms with van der Waals surface area (Å²) in [4.78, 5) is 29.7. The number of amides is 1. The van der Waals surface area contributed by atoms with Gasteiger partial charge in [0, 0.05) is 35.9 Å². The van der Waals surface area contributed by atoms with E-state index in [4.69, 9.17) is 29.4 Å². The molecule has 3 aliphatic heterocycles. The summed E-state index contributed by atoms with van der Waals surface area (Å²) in [6, 6.07) is 9.16. The van der Waals surface area contributed by atoms with Crippen molar-refractivity contribution in [2.75, 3.05) is 14.1 Å². The summed E-state index contributed by atoms with van der Waals surface area (Å²) < 4.78 is 32.0. The Morgan fingerprint density at radius 3 is 2.37 bits per heavy atom. The minimum Gasteiger partial charge on any atom is -0.459 e. The monoisotopic (exact) mass is 717 g/mol. The molecular weight excluding hydrogens is 654 g/mol. The number of aliphatic hydroxyl groups is 2. The van der Waals surface area contributed by atoms with Crippen molar-refractivity contribution in [1.29, 1.82) is 0 Å². The highest BCUT2D eigenvalue weighted by Gasteiger charge is 2.57. The molecule has 288 valence electrons. The van der Waals surface area contributed by atoms with Crippen LogP contribution in [0.25, 0.3) is 0 Å². The summed E-state index contributed by atoms with van der Waals surface area (Å²) in [5, 5.41) is 27.0. The molecule has 5 N–H and O–H groups in total. The highest BCUT2D eigenvalue weighted by atomic mass is 16.7. The van der Waals surface area contributed by atoms with Gasteiger partial charge < -0.3 is 49.8 Å². The fraction of sp³-hybridized carbons (Fsp3) is 0.795. The molecule has 51 heavy (non-hydrogen) atoms. The number of carbonyl (C=O) groups is 2. The highest BCUT2D eigenvalue weighted by molar-refractivity contribution is 5.74. The minimum atomic E-state index is -1.56. The lowest BCUT2D eigenvalue weighted by molar-refractivity contribution is -0.299. The number of fused-ring (bicyclic) bond motifs is 2. The number of benzene rings is 1. The Kier molecular flexibility index (Phi) is 12.2. The van der Waals surface area contributed by atoms with Crippen LogP contribution in [0, 0.1) is 23.7 Å². The fourth-order valence-electron chi connectivity index (χ4n) is 9.21. The third-order valence-corrected chi connectivity index (χ3v) is 12.3. The molecule has 1 amide bonds. The zero-order valence-corrected chi connectivity index (χ0v) is 32.2. The summed E-state index contributed by atoms with van der Waals surface area (Å²) in [6.45, 7) is 15.0. The average molecular weight is 718 g/mol. The Morgan fingerprint density at radius 2 is 1.75 bits per heavy atom. The standard InChI is InChI=1S/C39H63N3O9/c1-11-29-39(8)33(40)22(4)31(51-39)20(2)19-38(7,46)34(50-36-30(43)28(42(9)10)17-21(3)47-36)23(5)32(24(6)35(44)48-29)49-37(45)41-27-18-26(27)25-15-13-12-14-16-25/h12-16,20-24,26-34,36,43,46H,11,17-19,40H2,1-10H3,(H,41,45)/t20-,21-,22+,23+,24-,26?,27?,28+,29-,30-,31+,32+,33+,34-,36?,38-,39?/m1/s1. The molecule has 0 spiro atoms. The Hall–Kier alpha value is -2.32. The van der Waals surface area contributed by atoms with Gasteiger partial charge in [0.2, 0.25) is 0 Å². The fourth-order valence-corrected chi connectivity index (χ4v) is 9.21. The van der Waals surface area contributed by atoms with Gasteiger partial charge in [0.1, 0.15) is 23.9 Å². The number of ether oxygens (including phenoxy) is 5. The lowest BCUT2D eigenvalue weighted by Gasteiger charge is -2.47. The summed E-state index contributed by atoms with van der Waals surface area (Å²) >= 11 is 0. The summed E-state index contributed by atoms with van der Waals surface area (Å²) in [6.07, 6.45) is -4.11. The topological polar surface area (TPSA) is 162 Å². The maximum Gasteiger partial charge on any atom is 0.407 e. The number of nitrogens with one attached hydrogen (secondary N) is 1. The number of hydrogen-bond donors (Lipinski definition) is 4. The number of esters is 1. The van der Waals surface area contributed by atoms with Gasteiger partial charge >= 0.3 is 12.1 Å². The smallest absolute Gasteiger partial charge is 0.407 e. The third-order valence-electron chi connectivity index (χ3n) is 12.3. The van der Waals surface area contributed by atoms with Gasteiger partial charge in [0.25, 0.3) is 0 Å². The number of carbonyl (C=O) groups excluding carboxylic acids is 2. The summed E-state index contributed by atoms with van der Waals surface area (Å²) in [5.41, 5.74) is 5.43. The first kappa shape index (κ1) is 39.9. The van der Waals surface area contributed by atoms with Crippen LogP contribution in [-0.2, 0) is 28.5 Å². The first-order chi connectivity index (χ1) is 23.9. The van der Waals surface area contributed by atoms with Gasteiger partial charge in [-0.2, -0.15) is 0 Å². The molecule has 3 saturated heterocycles. The molecule has 4 aliphatic rings. The van der Waals surface area contributed by atoms with Crippen LogP contribution in [0.15, 0.2) is 30.3 Å². The van der Waals surface area contributed by atoms with Crippen LogP contribution in [0.5, 0.6) is 0 Å². The van der Waals surface area contributed by atoms with Crippen molar-refractivity contribution < 1.29 is 43.5 Å². The number of nitrogens with two attached hydrogens (primary N) is 1. The minimum absolute atomic E-state index is 0.0992. The van der Waals surface area contributed by atoms with Crippen molar-refractivity contribution >= 4 is 12.1 Å². The summed E-state index contributed by atoms with van der Waals surface area (Å²) in [5.74, 6) is -2.44. The first-order valence-electron chi connectivity index (χ1n) is 18.9. The molecule has 1 saturated carbocycles. The molecular formula is C39H63N3O9. The van der Waals surface area contributed by atoms with E-state index in [1.165, 1.54) is 0 Å². The van der Waals surface area contributed by atoms with Crippen molar-refractivity contribution in [1.82, 2.24) is 10.2 Å². The zero-order valence-electron chi connectivity index (χ0n) is 32.2. The number of likely N-dealkylation sites (N-methyl/N-ethyl adjacent to an activating group) is 1. The normalized spacial score (nSPS) is 46.3. The van der Waals surface area contributed by atoms with Crippen molar-refractivity contribution in [3.63, 3.8) is 0 Å². The van der Waals surface area contributed by atoms with Crippen LogP contribution in [-0.4, -0.2) is 114 Å². The number of cyclic esters (lactones) is 1. The molecule has 1 aliphatic carbocycles. The molecule has 3 heterocycles. The quantitative estimate of drug-likeness (QED) is 0.302. The molecule has 2 bridgehead atoms. The third kappa shape index (κ3) is 8.27. The van der Waals surface area contributed by atoms with E-state index in [1.807, 2.05) is 83.9 Å². The molecule has 5 rings (SSSR count). The van der Waals surface area contributed by atoms with Crippen LogP contribution >= 0.6 is 0 Å². The molecule has 0 radical (unpaired) electrons. The van der Waals surface area contributed by atoms with Crippen molar-refractivity contribution in [3.05, 3.63) is 35.9 Å². The second-order valence-corrected chi connectivity index (χ2v) is 16.7. The van der Waals surface area contributed by atoms with E-state index in [2.05, 4.69) is 5.32 Å². The Bertz CT molecular complexity index is 1350. The predicted octanol–water partition coefficient (Wildman–Crippen LogP) is 3.95.